The molecular formula is C21H32O4. The summed E-state index contributed by atoms with van der Waals surface area (Å²) in [6.45, 7) is 2.16. The molecule has 140 valence electrons. The molecule has 25 heavy (non-hydrogen) atoms. The van der Waals surface area contributed by atoms with Crippen LogP contribution in [0.25, 0.3) is 0 Å². The quantitative estimate of drug-likeness (QED) is 0.249. The van der Waals surface area contributed by atoms with Crippen LogP contribution in [-0.4, -0.2) is 30.1 Å². The molecule has 0 heterocycles. The summed E-state index contributed by atoms with van der Waals surface area (Å²) < 4.78 is 4.51. The normalized spacial score (nSPS) is 21.5. The summed E-state index contributed by atoms with van der Waals surface area (Å²) in [7, 11) is 1.34. The van der Waals surface area contributed by atoms with Gasteiger partial charge in [-0.25, -0.2) is 4.79 Å². The van der Waals surface area contributed by atoms with E-state index in [4.69, 9.17) is 0 Å². The number of aliphatic hydroxyl groups is 1. The van der Waals surface area contributed by atoms with Gasteiger partial charge in [0.2, 0.25) is 0 Å². The molecule has 0 unspecified atom stereocenters. The molecule has 0 aliphatic heterocycles. The monoisotopic (exact) mass is 348 g/mol. The van der Waals surface area contributed by atoms with Crippen molar-refractivity contribution in [3.63, 3.8) is 0 Å². The summed E-state index contributed by atoms with van der Waals surface area (Å²) in [6.07, 6.45) is 17.7. The number of carbonyl (C=O) groups excluding carboxylic acids is 2. The van der Waals surface area contributed by atoms with Gasteiger partial charge in [0.25, 0.3) is 0 Å². The predicted octanol–water partition coefficient (Wildman–Crippen LogP) is 4.14. The van der Waals surface area contributed by atoms with Gasteiger partial charge < -0.3 is 9.84 Å². The average molecular weight is 348 g/mol. The first-order valence-corrected chi connectivity index (χ1v) is 9.39. The molecule has 0 saturated heterocycles. The molecule has 1 rings (SSSR count). The number of unbranched alkanes of at least 4 members (excludes halogenated alkanes) is 2. The van der Waals surface area contributed by atoms with Gasteiger partial charge in [0.1, 0.15) is 0 Å². The summed E-state index contributed by atoms with van der Waals surface area (Å²) in [6, 6.07) is 0. The second kappa shape index (κ2) is 12.6. The maximum Gasteiger partial charge on any atom is 0.330 e. The Hall–Kier alpha value is -1.68. The van der Waals surface area contributed by atoms with E-state index >= 15 is 0 Å². The number of allylic oxidation sites excluding steroid dienone is 5. The smallest absolute Gasteiger partial charge is 0.330 e. The molecule has 0 spiro atoms. The van der Waals surface area contributed by atoms with Crippen LogP contribution >= 0.6 is 0 Å². The van der Waals surface area contributed by atoms with Gasteiger partial charge in [0.15, 0.2) is 5.78 Å². The van der Waals surface area contributed by atoms with Crippen molar-refractivity contribution < 1.29 is 19.4 Å². The van der Waals surface area contributed by atoms with E-state index in [0.717, 1.165) is 51.4 Å². The fourth-order valence-corrected chi connectivity index (χ4v) is 3.15. The zero-order chi connectivity index (χ0) is 18.5. The lowest BCUT2D eigenvalue weighted by Gasteiger charge is -2.19. The summed E-state index contributed by atoms with van der Waals surface area (Å²) in [5.41, 5.74) is 0. The Morgan fingerprint density at radius 1 is 1.28 bits per heavy atom. The van der Waals surface area contributed by atoms with E-state index in [1.165, 1.54) is 13.2 Å². The van der Waals surface area contributed by atoms with Crippen LogP contribution in [0.3, 0.4) is 0 Å². The molecule has 4 nitrogen and oxygen atoms in total. The molecular weight excluding hydrogens is 316 g/mol. The van der Waals surface area contributed by atoms with Crippen molar-refractivity contribution >= 4 is 11.8 Å². The standard InChI is InChI=1S/C21H32O4/c1-3-4-7-10-18(22)15-13-17-14-16-20(23)19(17)11-8-5-6-9-12-21(24)25-2/h5-6,9,12,14,16-19,22H,3-4,7-8,10-11,13,15H2,1-2H3/t17-,18+,19+/m0/s1. The minimum atomic E-state index is -0.377. The molecule has 0 fully saturated rings. The van der Waals surface area contributed by atoms with E-state index in [-0.39, 0.29) is 29.7 Å². The van der Waals surface area contributed by atoms with Crippen LogP contribution in [-0.2, 0) is 14.3 Å². The molecule has 0 bridgehead atoms. The van der Waals surface area contributed by atoms with Crippen molar-refractivity contribution in [3.05, 3.63) is 36.5 Å². The molecule has 0 aromatic heterocycles. The Morgan fingerprint density at radius 2 is 2.08 bits per heavy atom. The largest absolute Gasteiger partial charge is 0.466 e. The van der Waals surface area contributed by atoms with Crippen LogP contribution in [0, 0.1) is 11.8 Å². The van der Waals surface area contributed by atoms with Gasteiger partial charge in [-0.05, 0) is 44.1 Å². The van der Waals surface area contributed by atoms with Gasteiger partial charge in [0.05, 0.1) is 13.2 Å². The van der Waals surface area contributed by atoms with Crippen molar-refractivity contribution in [1.29, 1.82) is 0 Å². The SMILES string of the molecule is CCCCC[C@@H](O)CC[C@H]1C=CC(=O)[C@@H]1CCC=CC=CC(=O)OC. The second-order valence-corrected chi connectivity index (χ2v) is 6.65. The second-order valence-electron chi connectivity index (χ2n) is 6.65. The molecule has 0 radical (unpaired) electrons. The summed E-state index contributed by atoms with van der Waals surface area (Å²) in [5.74, 6) is 0.0887. The number of hydrogen-bond donors (Lipinski definition) is 1. The third-order valence-electron chi connectivity index (χ3n) is 4.69. The topological polar surface area (TPSA) is 63.6 Å². The summed E-state index contributed by atoms with van der Waals surface area (Å²) >= 11 is 0. The number of methoxy groups -OCH3 is 1. The van der Waals surface area contributed by atoms with Crippen LogP contribution in [0.4, 0.5) is 0 Å². The van der Waals surface area contributed by atoms with E-state index in [9.17, 15) is 14.7 Å². The molecule has 0 amide bonds. The molecule has 0 aromatic carbocycles. The van der Waals surface area contributed by atoms with E-state index in [1.54, 1.807) is 18.2 Å². The minimum Gasteiger partial charge on any atom is -0.466 e. The molecule has 1 aliphatic carbocycles. The zero-order valence-corrected chi connectivity index (χ0v) is 15.5. The number of rotatable bonds is 12. The van der Waals surface area contributed by atoms with Gasteiger partial charge in [-0.3, -0.25) is 4.79 Å². The highest BCUT2D eigenvalue weighted by Crippen LogP contribution is 2.31. The molecule has 4 heteroatoms. The average Bonchev–Trinajstić information content (AvgIpc) is 2.96. The molecule has 1 N–H and O–H groups in total. The molecule has 3 atom stereocenters. The Bertz CT molecular complexity index is 490. The van der Waals surface area contributed by atoms with Crippen molar-refractivity contribution in [2.24, 2.45) is 11.8 Å². The number of ketones is 1. The van der Waals surface area contributed by atoms with Gasteiger partial charge in [-0.15, -0.1) is 0 Å². The van der Waals surface area contributed by atoms with Gasteiger partial charge in [0, 0.05) is 12.0 Å². The number of esters is 1. The Labute approximate surface area is 151 Å². The van der Waals surface area contributed by atoms with Crippen LogP contribution < -0.4 is 0 Å². The van der Waals surface area contributed by atoms with Gasteiger partial charge in [-0.1, -0.05) is 50.5 Å². The number of carbonyl (C=O) groups is 2. The summed E-state index contributed by atoms with van der Waals surface area (Å²) in [5, 5.41) is 10.1. The van der Waals surface area contributed by atoms with E-state index < -0.39 is 0 Å². The number of hydrogen-bond acceptors (Lipinski definition) is 4. The van der Waals surface area contributed by atoms with Crippen LogP contribution in [0.5, 0.6) is 0 Å². The third kappa shape index (κ3) is 8.82. The molecule has 1 aliphatic rings. The Morgan fingerprint density at radius 3 is 2.80 bits per heavy atom. The van der Waals surface area contributed by atoms with Gasteiger partial charge in [-0.2, -0.15) is 0 Å². The van der Waals surface area contributed by atoms with Crippen molar-refractivity contribution in [1.82, 2.24) is 0 Å². The van der Waals surface area contributed by atoms with Gasteiger partial charge >= 0.3 is 5.97 Å². The van der Waals surface area contributed by atoms with Crippen LogP contribution in [0.2, 0.25) is 0 Å². The number of aliphatic hydroxyl groups excluding tert-OH is 1. The number of ether oxygens (including phenoxy) is 1. The maximum absolute atomic E-state index is 12.0. The molecule has 0 aromatic rings. The van der Waals surface area contributed by atoms with E-state index in [2.05, 4.69) is 11.7 Å². The Kier molecular flexibility index (Phi) is 10.8. The first-order chi connectivity index (χ1) is 12.1. The zero-order valence-electron chi connectivity index (χ0n) is 15.5. The van der Waals surface area contributed by atoms with Crippen molar-refractivity contribution in [3.8, 4) is 0 Å². The van der Waals surface area contributed by atoms with Crippen molar-refractivity contribution in [2.75, 3.05) is 7.11 Å². The lowest BCUT2D eigenvalue weighted by molar-refractivity contribution is -0.134. The van der Waals surface area contributed by atoms with Crippen LogP contribution in [0.1, 0.15) is 58.3 Å². The lowest BCUT2D eigenvalue weighted by Crippen LogP contribution is -2.18. The Balaban J connectivity index is 2.32. The van der Waals surface area contributed by atoms with Crippen LogP contribution in [0.15, 0.2) is 36.5 Å². The first kappa shape index (κ1) is 21.4. The highest BCUT2D eigenvalue weighted by molar-refractivity contribution is 5.94. The lowest BCUT2D eigenvalue weighted by atomic mass is 9.86. The fraction of sp³-hybridized carbons (Fsp3) is 0.619. The predicted molar refractivity (Wildman–Crippen MR) is 100 cm³/mol. The highest BCUT2D eigenvalue weighted by Gasteiger charge is 2.29. The molecule has 0 saturated carbocycles. The maximum atomic E-state index is 12.0. The van der Waals surface area contributed by atoms with E-state index in [1.807, 2.05) is 12.2 Å². The van der Waals surface area contributed by atoms with Crippen molar-refractivity contribution in [2.45, 2.75) is 64.4 Å². The minimum absolute atomic E-state index is 0.0251. The third-order valence-corrected chi connectivity index (χ3v) is 4.69. The highest BCUT2D eigenvalue weighted by atomic mass is 16.5. The fourth-order valence-electron chi connectivity index (χ4n) is 3.15. The first-order valence-electron chi connectivity index (χ1n) is 9.39. The van der Waals surface area contributed by atoms with E-state index in [0.29, 0.717) is 0 Å². The summed E-state index contributed by atoms with van der Waals surface area (Å²) in [4.78, 5) is 23.0.